The molecule has 0 aromatic carbocycles. The van der Waals surface area contributed by atoms with E-state index in [1.165, 1.54) is 18.9 Å². The Hall–Kier alpha value is -2.49. The smallest absolute Gasteiger partial charge is 0.292 e. The number of carbonyl (C=O) groups is 1. The summed E-state index contributed by atoms with van der Waals surface area (Å²) < 4.78 is 29.8. The van der Waals surface area contributed by atoms with Crippen LogP contribution in [-0.2, 0) is 9.84 Å². The minimum atomic E-state index is -3.45. The monoisotopic (exact) mass is 433 g/mol. The van der Waals surface area contributed by atoms with Gasteiger partial charge in [0.25, 0.3) is 5.91 Å². The second kappa shape index (κ2) is 8.33. The lowest BCUT2D eigenvalue weighted by atomic mass is 9.93. The Labute approximate surface area is 176 Å². The molecule has 2 aromatic heterocycles. The highest BCUT2D eigenvalue weighted by atomic mass is 32.2. The lowest BCUT2D eigenvalue weighted by Crippen LogP contribution is -2.38. The Morgan fingerprint density at radius 3 is 2.43 bits per heavy atom. The Balaban J connectivity index is 1.54. The standard InChI is InChI=1S/C20H27N5O4S/c1-14-12-16(29-23-14)19(26)24-10-6-15(7-11-24)18-17(30(2,27)28)13-21-20(22-18)25-8-4-3-5-9-25/h12-13,15H,3-11H2,1-2H3. The normalized spacial score (nSPS) is 18.6. The summed E-state index contributed by atoms with van der Waals surface area (Å²) in [5.41, 5.74) is 1.24. The molecule has 2 aliphatic rings. The van der Waals surface area contributed by atoms with Gasteiger partial charge in [0, 0.05) is 44.4 Å². The highest BCUT2D eigenvalue weighted by molar-refractivity contribution is 7.90. The molecule has 0 atom stereocenters. The molecule has 1 amide bonds. The molecule has 0 aliphatic carbocycles. The van der Waals surface area contributed by atoms with Crippen LogP contribution in [0.4, 0.5) is 5.95 Å². The van der Waals surface area contributed by atoms with E-state index in [4.69, 9.17) is 9.51 Å². The van der Waals surface area contributed by atoms with Crippen molar-refractivity contribution in [3.05, 3.63) is 29.4 Å². The molecule has 0 N–H and O–H groups in total. The molecule has 0 spiro atoms. The van der Waals surface area contributed by atoms with Crippen LogP contribution in [0.15, 0.2) is 21.7 Å². The van der Waals surface area contributed by atoms with Gasteiger partial charge in [0.1, 0.15) is 4.90 Å². The van der Waals surface area contributed by atoms with E-state index in [1.807, 2.05) is 0 Å². The maximum atomic E-state index is 12.6. The second-order valence-corrected chi connectivity index (χ2v) is 10.1. The fourth-order valence-corrected chi connectivity index (χ4v) is 5.01. The van der Waals surface area contributed by atoms with E-state index in [0.29, 0.717) is 43.3 Å². The lowest BCUT2D eigenvalue weighted by Gasteiger charge is -2.32. The number of rotatable bonds is 4. The van der Waals surface area contributed by atoms with Gasteiger partial charge in [-0.3, -0.25) is 4.79 Å². The van der Waals surface area contributed by atoms with Gasteiger partial charge in [0.05, 0.1) is 17.6 Å². The van der Waals surface area contributed by atoms with Crippen molar-refractivity contribution >= 4 is 21.7 Å². The van der Waals surface area contributed by atoms with Crippen LogP contribution in [0.25, 0.3) is 0 Å². The number of amides is 1. The van der Waals surface area contributed by atoms with Crippen LogP contribution >= 0.6 is 0 Å². The predicted molar refractivity (Wildman–Crippen MR) is 110 cm³/mol. The van der Waals surface area contributed by atoms with Gasteiger partial charge in [-0.2, -0.15) is 0 Å². The van der Waals surface area contributed by atoms with Gasteiger partial charge >= 0.3 is 0 Å². The number of carbonyl (C=O) groups excluding carboxylic acids is 1. The molecule has 0 saturated carbocycles. The number of hydrogen-bond donors (Lipinski definition) is 0. The van der Waals surface area contributed by atoms with Crippen molar-refractivity contribution in [1.29, 1.82) is 0 Å². The molecule has 4 rings (SSSR count). The number of nitrogens with zero attached hydrogens (tertiary/aromatic N) is 5. The first-order chi connectivity index (χ1) is 14.3. The number of hydrogen-bond acceptors (Lipinski definition) is 8. The van der Waals surface area contributed by atoms with Crippen molar-refractivity contribution in [3.63, 3.8) is 0 Å². The maximum Gasteiger partial charge on any atom is 0.292 e. The number of anilines is 1. The van der Waals surface area contributed by atoms with Crippen LogP contribution in [0.2, 0.25) is 0 Å². The molecule has 0 radical (unpaired) electrons. The summed E-state index contributed by atoms with van der Waals surface area (Å²) in [6.07, 6.45) is 7.30. The quantitative estimate of drug-likeness (QED) is 0.722. The third-order valence-corrected chi connectivity index (χ3v) is 6.93. The number of likely N-dealkylation sites (tertiary alicyclic amines) is 1. The zero-order valence-electron chi connectivity index (χ0n) is 17.4. The first-order valence-electron chi connectivity index (χ1n) is 10.4. The van der Waals surface area contributed by atoms with E-state index in [-0.39, 0.29) is 22.5 Å². The molecular weight excluding hydrogens is 406 g/mol. The van der Waals surface area contributed by atoms with E-state index in [0.717, 1.165) is 25.9 Å². The molecule has 9 nitrogen and oxygen atoms in total. The van der Waals surface area contributed by atoms with Gasteiger partial charge in [-0.15, -0.1) is 0 Å². The maximum absolute atomic E-state index is 12.6. The van der Waals surface area contributed by atoms with Crippen LogP contribution in [0.3, 0.4) is 0 Å². The Bertz CT molecular complexity index is 1020. The van der Waals surface area contributed by atoms with Gasteiger partial charge in [-0.25, -0.2) is 18.4 Å². The van der Waals surface area contributed by atoms with Gasteiger partial charge in [-0.05, 0) is 39.0 Å². The summed E-state index contributed by atoms with van der Waals surface area (Å²) >= 11 is 0. The van der Waals surface area contributed by atoms with E-state index >= 15 is 0 Å². The molecular formula is C20H27N5O4S. The molecule has 162 valence electrons. The van der Waals surface area contributed by atoms with E-state index in [9.17, 15) is 13.2 Å². The van der Waals surface area contributed by atoms with Crippen molar-refractivity contribution in [2.24, 2.45) is 0 Å². The van der Waals surface area contributed by atoms with Gasteiger partial charge in [0.15, 0.2) is 9.84 Å². The molecule has 2 aliphatic heterocycles. The Kier molecular flexibility index (Phi) is 5.77. The highest BCUT2D eigenvalue weighted by Crippen LogP contribution is 2.33. The topological polar surface area (TPSA) is 110 Å². The number of piperidine rings is 2. The van der Waals surface area contributed by atoms with Crippen LogP contribution in [0.1, 0.15) is 60.0 Å². The van der Waals surface area contributed by atoms with Crippen molar-refractivity contribution in [2.75, 3.05) is 37.3 Å². The van der Waals surface area contributed by atoms with Crippen LogP contribution < -0.4 is 4.90 Å². The van der Waals surface area contributed by atoms with Crippen LogP contribution in [0, 0.1) is 6.92 Å². The fourth-order valence-electron chi connectivity index (χ4n) is 4.17. The number of aromatic nitrogens is 3. The van der Waals surface area contributed by atoms with Crippen LogP contribution in [0.5, 0.6) is 0 Å². The van der Waals surface area contributed by atoms with Crippen molar-refractivity contribution in [3.8, 4) is 0 Å². The minimum absolute atomic E-state index is 0.0400. The van der Waals surface area contributed by atoms with Gasteiger partial charge in [-0.1, -0.05) is 5.16 Å². The first-order valence-corrected chi connectivity index (χ1v) is 12.3. The zero-order chi connectivity index (χ0) is 21.3. The summed E-state index contributed by atoms with van der Waals surface area (Å²) in [5, 5.41) is 3.78. The molecule has 30 heavy (non-hydrogen) atoms. The lowest BCUT2D eigenvalue weighted by molar-refractivity contribution is 0.0669. The Morgan fingerprint density at radius 1 is 1.13 bits per heavy atom. The summed E-state index contributed by atoms with van der Waals surface area (Å²) in [7, 11) is -3.45. The average Bonchev–Trinajstić information content (AvgIpc) is 3.19. The van der Waals surface area contributed by atoms with Gasteiger partial charge < -0.3 is 14.3 Å². The molecule has 0 unspecified atom stereocenters. The van der Waals surface area contributed by atoms with Crippen LogP contribution in [-0.4, -0.2) is 66.8 Å². The summed E-state index contributed by atoms with van der Waals surface area (Å²) in [4.78, 5) is 25.7. The zero-order valence-corrected chi connectivity index (χ0v) is 18.2. The van der Waals surface area contributed by atoms with Crippen molar-refractivity contribution in [2.45, 2.75) is 49.8 Å². The fraction of sp³-hybridized carbons (Fsp3) is 0.600. The van der Waals surface area contributed by atoms with Crippen molar-refractivity contribution < 1.29 is 17.7 Å². The van der Waals surface area contributed by atoms with E-state index in [1.54, 1.807) is 17.9 Å². The summed E-state index contributed by atoms with van der Waals surface area (Å²) in [6, 6.07) is 1.63. The molecule has 4 heterocycles. The minimum Gasteiger partial charge on any atom is -0.351 e. The predicted octanol–water partition coefficient (Wildman–Crippen LogP) is 2.19. The van der Waals surface area contributed by atoms with Gasteiger partial charge in [0.2, 0.25) is 11.7 Å². The van der Waals surface area contributed by atoms with Crippen molar-refractivity contribution in [1.82, 2.24) is 20.0 Å². The second-order valence-electron chi connectivity index (χ2n) is 8.14. The molecule has 2 saturated heterocycles. The highest BCUT2D eigenvalue weighted by Gasteiger charge is 2.31. The SMILES string of the molecule is Cc1cc(C(=O)N2CCC(c3nc(N4CCCCC4)ncc3S(C)(=O)=O)CC2)on1. The number of aryl methyl sites for hydroxylation is 1. The molecule has 2 aromatic rings. The molecule has 0 bridgehead atoms. The third kappa shape index (κ3) is 4.33. The molecule has 10 heteroatoms. The largest absolute Gasteiger partial charge is 0.351 e. The number of sulfone groups is 1. The molecule has 2 fully saturated rings. The first kappa shape index (κ1) is 20.8. The summed E-state index contributed by atoms with van der Waals surface area (Å²) in [5.74, 6) is 0.612. The van der Waals surface area contributed by atoms with E-state index in [2.05, 4.69) is 15.0 Å². The third-order valence-electron chi connectivity index (χ3n) is 5.82. The average molecular weight is 434 g/mol. The Morgan fingerprint density at radius 2 is 1.83 bits per heavy atom. The van der Waals surface area contributed by atoms with E-state index < -0.39 is 9.84 Å². The summed E-state index contributed by atoms with van der Waals surface area (Å²) in [6.45, 7) is 4.57.